The molecule has 1 atom stereocenters. The van der Waals surface area contributed by atoms with E-state index in [1.54, 1.807) is 12.2 Å². The molecule has 0 saturated carbocycles. The molecule has 0 fully saturated rings. The van der Waals surface area contributed by atoms with Crippen LogP contribution >= 0.6 is 0 Å². The fraction of sp³-hybridized carbons (Fsp3) is 0.458. The van der Waals surface area contributed by atoms with Gasteiger partial charge in [-0.05, 0) is 18.9 Å². The number of hydrogen-bond acceptors (Lipinski definition) is 3. The quantitative estimate of drug-likeness (QED) is 0.218. The van der Waals surface area contributed by atoms with Crippen molar-refractivity contribution in [2.75, 3.05) is 6.54 Å². The first-order chi connectivity index (χ1) is 13.2. The third kappa shape index (κ3) is 18.6. The second kappa shape index (κ2) is 20.3. The first-order valence-electron chi connectivity index (χ1n) is 10.1. The highest BCUT2D eigenvalue weighted by atomic mass is 16.3. The van der Waals surface area contributed by atoms with Gasteiger partial charge in [0, 0.05) is 6.54 Å². The molecule has 27 heavy (non-hydrogen) atoms. The summed E-state index contributed by atoms with van der Waals surface area (Å²) in [5, 5.41) is 9.19. The summed E-state index contributed by atoms with van der Waals surface area (Å²) in [5.74, 6) is -0.379. The fourth-order valence-electron chi connectivity index (χ4n) is 2.28. The van der Waals surface area contributed by atoms with Crippen LogP contribution in [0.25, 0.3) is 0 Å². The molecule has 0 amide bonds. The molecule has 0 bridgehead atoms. The highest BCUT2D eigenvalue weighted by Crippen LogP contribution is 2.08. The monoisotopic (exact) mass is 371 g/mol. The van der Waals surface area contributed by atoms with Crippen molar-refractivity contribution in [3.63, 3.8) is 0 Å². The number of rotatable bonds is 16. The molecular formula is C24H37NO2. The molecule has 0 aliphatic heterocycles. The van der Waals surface area contributed by atoms with Crippen LogP contribution in [0.3, 0.4) is 0 Å². The average Bonchev–Trinajstić information content (AvgIpc) is 2.68. The van der Waals surface area contributed by atoms with Crippen molar-refractivity contribution < 1.29 is 9.90 Å². The van der Waals surface area contributed by atoms with E-state index in [0.29, 0.717) is 0 Å². The maximum atomic E-state index is 11.3. The summed E-state index contributed by atoms with van der Waals surface area (Å²) in [6.07, 6.45) is 32.0. The van der Waals surface area contributed by atoms with Crippen LogP contribution in [0.2, 0.25) is 0 Å². The maximum Gasteiger partial charge on any atom is 0.185 e. The maximum absolute atomic E-state index is 11.3. The molecule has 3 N–H and O–H groups in total. The Morgan fingerprint density at radius 2 is 1.26 bits per heavy atom. The van der Waals surface area contributed by atoms with Crippen molar-refractivity contribution in [3.05, 3.63) is 72.9 Å². The van der Waals surface area contributed by atoms with Crippen molar-refractivity contribution >= 4 is 5.78 Å². The SMILES string of the molecule is CCCCCCCCC/C=C/C=C/C=C/C=C/C=C/C=C/C(=O)C(O)CN. The van der Waals surface area contributed by atoms with E-state index < -0.39 is 6.10 Å². The Labute approximate surface area is 165 Å². The number of aliphatic hydroxyl groups excluding tert-OH is 1. The van der Waals surface area contributed by atoms with E-state index in [4.69, 9.17) is 5.73 Å². The van der Waals surface area contributed by atoms with Crippen LogP contribution in [-0.2, 0) is 4.79 Å². The van der Waals surface area contributed by atoms with E-state index in [9.17, 15) is 9.90 Å². The summed E-state index contributed by atoms with van der Waals surface area (Å²) in [6.45, 7) is 2.20. The first-order valence-corrected chi connectivity index (χ1v) is 10.1. The minimum atomic E-state index is -1.11. The van der Waals surface area contributed by atoms with Crippen molar-refractivity contribution in [1.82, 2.24) is 0 Å². The lowest BCUT2D eigenvalue weighted by Gasteiger charge is -1.99. The van der Waals surface area contributed by atoms with Gasteiger partial charge in [-0.3, -0.25) is 4.79 Å². The van der Waals surface area contributed by atoms with E-state index in [2.05, 4.69) is 19.1 Å². The topological polar surface area (TPSA) is 63.3 Å². The molecule has 1 unspecified atom stereocenters. The average molecular weight is 372 g/mol. The van der Waals surface area contributed by atoms with Crippen LogP contribution in [0.1, 0.15) is 58.3 Å². The molecule has 3 heteroatoms. The van der Waals surface area contributed by atoms with Gasteiger partial charge in [-0.2, -0.15) is 0 Å². The van der Waals surface area contributed by atoms with E-state index >= 15 is 0 Å². The number of carbonyl (C=O) groups excluding carboxylic acids is 1. The molecule has 0 radical (unpaired) electrons. The van der Waals surface area contributed by atoms with Gasteiger partial charge in [-0.1, -0.05) is 112 Å². The third-order valence-corrected chi connectivity index (χ3v) is 3.92. The Morgan fingerprint density at radius 1 is 0.778 bits per heavy atom. The molecule has 150 valence electrons. The molecule has 0 aromatic heterocycles. The van der Waals surface area contributed by atoms with Crippen LogP contribution < -0.4 is 5.73 Å². The zero-order valence-corrected chi connectivity index (χ0v) is 16.8. The van der Waals surface area contributed by atoms with Gasteiger partial charge in [-0.15, -0.1) is 0 Å². The molecule has 0 spiro atoms. The highest BCUT2D eigenvalue weighted by Gasteiger charge is 2.07. The van der Waals surface area contributed by atoms with Crippen LogP contribution in [0.15, 0.2) is 72.9 Å². The number of allylic oxidation sites excluding steroid dienone is 11. The zero-order valence-electron chi connectivity index (χ0n) is 16.8. The molecular weight excluding hydrogens is 334 g/mol. The van der Waals surface area contributed by atoms with Gasteiger partial charge in [0.15, 0.2) is 5.78 Å². The number of ketones is 1. The number of hydrogen-bond donors (Lipinski definition) is 2. The van der Waals surface area contributed by atoms with Crippen LogP contribution in [0.5, 0.6) is 0 Å². The normalized spacial score (nSPS) is 14.2. The lowest BCUT2D eigenvalue weighted by atomic mass is 10.1. The van der Waals surface area contributed by atoms with Gasteiger partial charge in [0.05, 0.1) is 0 Å². The van der Waals surface area contributed by atoms with Crippen LogP contribution in [0, 0.1) is 0 Å². The highest BCUT2D eigenvalue weighted by molar-refractivity contribution is 5.93. The predicted molar refractivity (Wildman–Crippen MR) is 118 cm³/mol. The van der Waals surface area contributed by atoms with Crippen LogP contribution in [-0.4, -0.2) is 23.5 Å². The molecule has 0 aliphatic carbocycles. The Bertz CT molecular complexity index is 524. The Hall–Kier alpha value is -1.97. The first kappa shape index (κ1) is 25.0. The predicted octanol–water partition coefficient (Wildman–Crippen LogP) is 5.35. The van der Waals surface area contributed by atoms with E-state index in [1.165, 1.54) is 51.0 Å². The smallest absolute Gasteiger partial charge is 0.185 e. The minimum absolute atomic E-state index is 0.0561. The second-order valence-corrected chi connectivity index (χ2v) is 6.39. The van der Waals surface area contributed by atoms with Gasteiger partial charge in [0.25, 0.3) is 0 Å². The van der Waals surface area contributed by atoms with Gasteiger partial charge in [0.1, 0.15) is 6.10 Å². The lowest BCUT2D eigenvalue weighted by Crippen LogP contribution is -2.27. The largest absolute Gasteiger partial charge is 0.384 e. The summed E-state index contributed by atoms with van der Waals surface area (Å²) in [6, 6.07) is 0. The molecule has 0 saturated heterocycles. The summed E-state index contributed by atoms with van der Waals surface area (Å²) in [4.78, 5) is 11.3. The van der Waals surface area contributed by atoms with Gasteiger partial charge in [-0.25, -0.2) is 0 Å². The number of nitrogens with two attached hydrogens (primary N) is 1. The van der Waals surface area contributed by atoms with Crippen molar-refractivity contribution in [2.24, 2.45) is 5.73 Å². The number of unbranched alkanes of at least 4 members (excludes halogenated alkanes) is 7. The summed E-state index contributed by atoms with van der Waals surface area (Å²) < 4.78 is 0. The zero-order chi connectivity index (χ0) is 20.0. The van der Waals surface area contributed by atoms with Gasteiger partial charge >= 0.3 is 0 Å². The Morgan fingerprint density at radius 3 is 1.81 bits per heavy atom. The summed E-state index contributed by atoms with van der Waals surface area (Å²) in [7, 11) is 0. The van der Waals surface area contributed by atoms with Crippen molar-refractivity contribution in [3.8, 4) is 0 Å². The fourth-order valence-corrected chi connectivity index (χ4v) is 2.28. The summed E-state index contributed by atoms with van der Waals surface area (Å²) >= 11 is 0. The molecule has 0 aromatic rings. The third-order valence-electron chi connectivity index (χ3n) is 3.92. The van der Waals surface area contributed by atoms with E-state index in [-0.39, 0.29) is 12.3 Å². The molecule has 0 heterocycles. The van der Waals surface area contributed by atoms with E-state index in [0.717, 1.165) is 6.42 Å². The van der Waals surface area contributed by atoms with Gasteiger partial charge < -0.3 is 10.8 Å². The molecule has 0 aromatic carbocycles. The number of aliphatic hydroxyl groups is 1. The second-order valence-electron chi connectivity index (χ2n) is 6.39. The number of carbonyl (C=O) groups is 1. The van der Waals surface area contributed by atoms with E-state index in [1.807, 2.05) is 42.5 Å². The van der Waals surface area contributed by atoms with Crippen LogP contribution in [0.4, 0.5) is 0 Å². The van der Waals surface area contributed by atoms with Crippen molar-refractivity contribution in [1.29, 1.82) is 0 Å². The lowest BCUT2D eigenvalue weighted by molar-refractivity contribution is -0.121. The molecule has 0 aliphatic rings. The summed E-state index contributed by atoms with van der Waals surface area (Å²) in [5.41, 5.74) is 5.20. The Balaban J connectivity index is 3.71. The minimum Gasteiger partial charge on any atom is -0.384 e. The van der Waals surface area contributed by atoms with Gasteiger partial charge in [0.2, 0.25) is 0 Å². The van der Waals surface area contributed by atoms with Crippen molar-refractivity contribution in [2.45, 2.75) is 64.4 Å². The Kier molecular flexibility index (Phi) is 18.9. The molecule has 3 nitrogen and oxygen atoms in total. The standard InChI is InChI=1S/C24H37NO2/c1-2-3-4-5-6-7-8-9-10-11-12-13-14-15-16-17-18-19-20-21-23(26)24(27)22-25/h10-21,24,27H,2-9,22,25H2,1H3/b11-10+,13-12+,15-14+,17-16+,19-18+,21-20+. The molecule has 0 rings (SSSR count).